The molecule has 4 heteroatoms. The smallest absolute Gasteiger partial charge is 0.306 e. The largest absolute Gasteiger partial charge is 0.462 e. The molecule has 8 unspecified atom stereocenters. The van der Waals surface area contributed by atoms with Gasteiger partial charge in [-0.05, 0) is 96.5 Å². The molecule has 3 saturated carbocycles. The van der Waals surface area contributed by atoms with Gasteiger partial charge in [-0.2, -0.15) is 0 Å². The van der Waals surface area contributed by atoms with Crippen LogP contribution in [0.25, 0.3) is 0 Å². The summed E-state index contributed by atoms with van der Waals surface area (Å²) in [4.78, 5) is 23.2. The fourth-order valence-corrected chi connectivity index (χ4v) is 8.22. The molecule has 4 aliphatic carbocycles. The summed E-state index contributed by atoms with van der Waals surface area (Å²) in [5.74, 6) is 3.72. The van der Waals surface area contributed by atoms with E-state index < -0.39 is 5.24 Å². The highest BCUT2D eigenvalue weighted by atomic mass is 35.5. The molecular weight excluding hydrogens is 468 g/mol. The van der Waals surface area contributed by atoms with Gasteiger partial charge in [0, 0.05) is 12.8 Å². The maximum atomic E-state index is 12.2. The van der Waals surface area contributed by atoms with Gasteiger partial charge in [-0.25, -0.2) is 0 Å². The second-order valence-corrected chi connectivity index (χ2v) is 13.6. The Balaban J connectivity index is 1.47. The topological polar surface area (TPSA) is 43.4 Å². The van der Waals surface area contributed by atoms with Crippen LogP contribution in [0.4, 0.5) is 0 Å². The molecule has 8 atom stereocenters. The highest BCUT2D eigenvalue weighted by Gasteiger charge is 2.57. The molecule has 0 aromatic heterocycles. The quantitative estimate of drug-likeness (QED) is 0.185. The van der Waals surface area contributed by atoms with Gasteiger partial charge < -0.3 is 4.74 Å². The van der Waals surface area contributed by atoms with Gasteiger partial charge in [-0.3, -0.25) is 9.59 Å². The van der Waals surface area contributed by atoms with Crippen molar-refractivity contribution < 1.29 is 14.3 Å². The Morgan fingerprint density at radius 3 is 2.44 bits per heavy atom. The molecule has 200 valence electrons. The molecule has 0 spiro atoms. The number of rotatable bonds is 8. The lowest BCUT2D eigenvalue weighted by molar-refractivity contribution is -0.151. The van der Waals surface area contributed by atoms with E-state index in [9.17, 15) is 9.59 Å². The number of carbonyl (C=O) groups excluding carboxylic acids is 2. The molecule has 0 N–H and O–H groups in total. The van der Waals surface area contributed by atoms with Crippen molar-refractivity contribution in [2.45, 2.75) is 105 Å². The molecule has 0 bridgehead atoms. The van der Waals surface area contributed by atoms with Crippen molar-refractivity contribution in [2.75, 3.05) is 0 Å². The van der Waals surface area contributed by atoms with Crippen LogP contribution in [0.5, 0.6) is 0 Å². The number of fused-ring (bicyclic) bond motifs is 5. The fraction of sp³-hybridized carbons (Fsp3) is 0.750. The lowest BCUT2D eigenvalue weighted by Crippen LogP contribution is -2.46. The van der Waals surface area contributed by atoms with Gasteiger partial charge in [-0.1, -0.05) is 77.0 Å². The summed E-state index contributed by atoms with van der Waals surface area (Å²) in [5.41, 5.74) is 3.73. The van der Waals surface area contributed by atoms with Gasteiger partial charge in [-0.15, -0.1) is 0 Å². The lowest BCUT2D eigenvalue weighted by Gasteiger charge is -2.55. The molecular formula is C32H47ClO3. The van der Waals surface area contributed by atoms with Gasteiger partial charge in [0.15, 0.2) is 0 Å². The van der Waals surface area contributed by atoms with E-state index in [-0.39, 0.29) is 30.3 Å². The minimum Gasteiger partial charge on any atom is -0.462 e. The predicted octanol–water partition coefficient (Wildman–Crippen LogP) is 8.43. The number of allylic oxidation sites excluding steroid dienone is 5. The number of halogens is 1. The first-order chi connectivity index (χ1) is 17.0. The van der Waals surface area contributed by atoms with Gasteiger partial charge in [0.05, 0.1) is 6.42 Å². The predicted molar refractivity (Wildman–Crippen MR) is 147 cm³/mol. The fourth-order valence-electron chi connectivity index (χ4n) is 8.13. The summed E-state index contributed by atoms with van der Waals surface area (Å²) >= 11 is 5.39. The van der Waals surface area contributed by atoms with Crippen LogP contribution < -0.4 is 0 Å². The molecule has 3 fully saturated rings. The normalized spacial score (nSPS) is 37.4. The van der Waals surface area contributed by atoms with Crippen LogP contribution in [0.1, 0.15) is 99.3 Å². The summed E-state index contributed by atoms with van der Waals surface area (Å²) in [7, 11) is 0. The molecule has 0 amide bonds. The third-order valence-corrected chi connectivity index (χ3v) is 11.0. The second-order valence-electron chi connectivity index (χ2n) is 13.2. The van der Waals surface area contributed by atoms with Crippen LogP contribution in [-0.2, 0) is 14.3 Å². The van der Waals surface area contributed by atoms with E-state index >= 15 is 0 Å². The SMILES string of the molecule is CC(C)C(C)C=CC(C)C1CCC2C3=CC=C4CC(OC(=O)CCC(=O)Cl)CCC4(C)C3CCC21C. The summed E-state index contributed by atoms with van der Waals surface area (Å²) in [6.45, 7) is 14.5. The zero-order valence-corrected chi connectivity index (χ0v) is 24.1. The first-order valence-electron chi connectivity index (χ1n) is 14.4. The van der Waals surface area contributed by atoms with Crippen molar-refractivity contribution in [3.63, 3.8) is 0 Å². The third-order valence-electron chi connectivity index (χ3n) is 10.8. The van der Waals surface area contributed by atoms with E-state index in [1.54, 1.807) is 5.57 Å². The first kappa shape index (κ1) is 27.7. The van der Waals surface area contributed by atoms with Crippen molar-refractivity contribution >= 4 is 22.8 Å². The molecule has 0 saturated heterocycles. The van der Waals surface area contributed by atoms with E-state index in [1.807, 2.05) is 0 Å². The Morgan fingerprint density at radius 1 is 1.00 bits per heavy atom. The zero-order valence-electron chi connectivity index (χ0n) is 23.3. The van der Waals surface area contributed by atoms with E-state index in [2.05, 4.69) is 65.8 Å². The Bertz CT molecular complexity index is 945. The van der Waals surface area contributed by atoms with E-state index in [1.165, 1.54) is 31.3 Å². The maximum absolute atomic E-state index is 12.2. The highest BCUT2D eigenvalue weighted by molar-refractivity contribution is 6.63. The van der Waals surface area contributed by atoms with Crippen LogP contribution >= 0.6 is 11.6 Å². The zero-order chi connectivity index (χ0) is 26.3. The molecule has 4 aliphatic rings. The van der Waals surface area contributed by atoms with Crippen molar-refractivity contribution in [1.82, 2.24) is 0 Å². The number of hydrogen-bond donors (Lipinski definition) is 0. The van der Waals surface area contributed by atoms with Crippen molar-refractivity contribution in [2.24, 2.45) is 46.3 Å². The number of esters is 1. The lowest BCUT2D eigenvalue weighted by atomic mass is 9.50. The molecule has 36 heavy (non-hydrogen) atoms. The van der Waals surface area contributed by atoms with Crippen LogP contribution in [0, 0.1) is 46.3 Å². The summed E-state index contributed by atoms with van der Waals surface area (Å²) in [6, 6.07) is 0. The summed E-state index contributed by atoms with van der Waals surface area (Å²) < 4.78 is 5.73. The molecule has 3 nitrogen and oxygen atoms in total. The number of ether oxygens (including phenoxy) is 1. The molecule has 0 aromatic carbocycles. The average molecular weight is 515 g/mol. The van der Waals surface area contributed by atoms with Gasteiger partial charge in [0.2, 0.25) is 5.24 Å². The van der Waals surface area contributed by atoms with Gasteiger partial charge in [0.25, 0.3) is 0 Å². The van der Waals surface area contributed by atoms with Crippen LogP contribution in [0.2, 0.25) is 0 Å². The number of carbonyl (C=O) groups is 2. The number of hydrogen-bond acceptors (Lipinski definition) is 3. The van der Waals surface area contributed by atoms with Crippen molar-refractivity contribution in [3.05, 3.63) is 35.5 Å². The minimum absolute atomic E-state index is 0.0496. The maximum Gasteiger partial charge on any atom is 0.306 e. The molecule has 0 radical (unpaired) electrons. The van der Waals surface area contributed by atoms with Crippen molar-refractivity contribution in [1.29, 1.82) is 0 Å². The van der Waals surface area contributed by atoms with E-state index in [0.717, 1.165) is 25.2 Å². The first-order valence-corrected chi connectivity index (χ1v) is 14.8. The minimum atomic E-state index is -0.482. The summed E-state index contributed by atoms with van der Waals surface area (Å²) in [6.07, 6.45) is 17.9. The van der Waals surface area contributed by atoms with Crippen LogP contribution in [0.15, 0.2) is 35.5 Å². The van der Waals surface area contributed by atoms with Crippen LogP contribution in [0.3, 0.4) is 0 Å². The average Bonchev–Trinajstić information content (AvgIpc) is 3.18. The van der Waals surface area contributed by atoms with Gasteiger partial charge >= 0.3 is 5.97 Å². The van der Waals surface area contributed by atoms with Gasteiger partial charge in [0.1, 0.15) is 6.10 Å². The highest BCUT2D eigenvalue weighted by Crippen LogP contribution is 2.66. The second kappa shape index (κ2) is 10.8. The standard InChI is InChI=1S/C32H47ClO3/c1-20(2)21(3)7-8-22(4)26-11-12-27-25-10-9-23-19-24(36-30(35)14-13-29(33)34)15-17-31(23,5)28(25)16-18-32(26,27)6/h7-10,20-22,24,26-28H,11-19H2,1-6H3. The monoisotopic (exact) mass is 514 g/mol. The van der Waals surface area contributed by atoms with E-state index in [4.69, 9.17) is 16.3 Å². The Hall–Kier alpha value is -1.35. The Morgan fingerprint density at radius 2 is 1.75 bits per heavy atom. The molecule has 0 aliphatic heterocycles. The molecule has 0 aromatic rings. The Labute approximate surface area is 224 Å². The third kappa shape index (κ3) is 5.29. The van der Waals surface area contributed by atoms with Crippen LogP contribution in [-0.4, -0.2) is 17.3 Å². The molecule has 0 heterocycles. The Kier molecular flexibility index (Phi) is 8.30. The van der Waals surface area contributed by atoms with Crippen molar-refractivity contribution in [3.8, 4) is 0 Å². The van der Waals surface area contributed by atoms with E-state index in [0.29, 0.717) is 35.0 Å². The molecule has 4 rings (SSSR count). The summed E-state index contributed by atoms with van der Waals surface area (Å²) in [5, 5.41) is -0.482.